The van der Waals surface area contributed by atoms with Gasteiger partial charge in [0.25, 0.3) is 0 Å². The van der Waals surface area contributed by atoms with Crippen molar-refractivity contribution in [2.45, 2.75) is 71.5 Å². The predicted octanol–water partition coefficient (Wildman–Crippen LogP) is 1.33. The van der Waals surface area contributed by atoms with Crippen LogP contribution in [0.2, 0.25) is 0 Å². The van der Waals surface area contributed by atoms with E-state index in [0.29, 0.717) is 38.3 Å². The van der Waals surface area contributed by atoms with Gasteiger partial charge in [-0.25, -0.2) is 9.48 Å². The van der Waals surface area contributed by atoms with Crippen LogP contribution in [0.4, 0.5) is 0 Å². The SMILES string of the molecule is CC(C)CCn1nc2n(c1=O)CCC(NC(=O)CCc1cnccn1)CC2. The number of rotatable bonds is 7. The highest BCUT2D eigenvalue weighted by molar-refractivity contribution is 5.76. The lowest BCUT2D eigenvalue weighted by atomic mass is 10.1. The van der Waals surface area contributed by atoms with Gasteiger partial charge in [-0.05, 0) is 31.6 Å². The van der Waals surface area contributed by atoms with E-state index in [0.717, 1.165) is 30.8 Å². The van der Waals surface area contributed by atoms with Crippen molar-refractivity contribution in [2.75, 3.05) is 0 Å². The smallest absolute Gasteiger partial charge is 0.345 e. The number of hydrogen-bond acceptors (Lipinski definition) is 5. The van der Waals surface area contributed by atoms with E-state index in [9.17, 15) is 9.59 Å². The number of nitrogens with one attached hydrogen (secondary N) is 1. The Labute approximate surface area is 159 Å². The van der Waals surface area contributed by atoms with Gasteiger partial charge in [0.1, 0.15) is 5.82 Å². The van der Waals surface area contributed by atoms with Crippen LogP contribution < -0.4 is 11.0 Å². The molecule has 0 saturated heterocycles. The zero-order valence-corrected chi connectivity index (χ0v) is 16.1. The molecule has 8 heteroatoms. The Hall–Kier alpha value is -2.51. The van der Waals surface area contributed by atoms with Gasteiger partial charge in [0.05, 0.1) is 5.69 Å². The van der Waals surface area contributed by atoms with Crippen LogP contribution in [-0.4, -0.2) is 36.3 Å². The van der Waals surface area contributed by atoms with Gasteiger partial charge in [0.2, 0.25) is 5.91 Å². The van der Waals surface area contributed by atoms with Gasteiger partial charge in [-0.3, -0.25) is 19.3 Å². The van der Waals surface area contributed by atoms with Gasteiger partial charge in [0, 0.05) is 50.6 Å². The largest absolute Gasteiger partial charge is 0.353 e. The Morgan fingerprint density at radius 1 is 1.33 bits per heavy atom. The van der Waals surface area contributed by atoms with E-state index >= 15 is 0 Å². The average molecular weight is 372 g/mol. The fourth-order valence-corrected chi connectivity index (χ4v) is 3.30. The molecule has 1 atom stereocenters. The Morgan fingerprint density at radius 3 is 2.93 bits per heavy atom. The van der Waals surface area contributed by atoms with E-state index < -0.39 is 0 Å². The van der Waals surface area contributed by atoms with E-state index in [2.05, 4.69) is 34.2 Å². The standard InChI is InChI=1S/C19H28N6O2/c1-14(2)7-12-25-19(27)24-11-8-15(3-5-17(24)23-25)22-18(26)6-4-16-13-20-9-10-21-16/h9-10,13-15H,3-8,11-12H2,1-2H3,(H,22,26). The van der Waals surface area contributed by atoms with E-state index in [-0.39, 0.29) is 17.6 Å². The van der Waals surface area contributed by atoms with E-state index in [1.165, 1.54) is 0 Å². The molecule has 1 aliphatic heterocycles. The second-order valence-corrected chi connectivity index (χ2v) is 7.54. The zero-order chi connectivity index (χ0) is 19.2. The van der Waals surface area contributed by atoms with E-state index in [1.54, 1.807) is 27.8 Å². The first-order valence-electron chi connectivity index (χ1n) is 9.73. The molecule has 8 nitrogen and oxygen atoms in total. The molecule has 3 heterocycles. The molecule has 0 bridgehead atoms. The molecule has 146 valence electrons. The summed E-state index contributed by atoms with van der Waals surface area (Å²) < 4.78 is 3.36. The van der Waals surface area contributed by atoms with Gasteiger partial charge < -0.3 is 5.32 Å². The number of aryl methyl sites for hydroxylation is 3. The molecule has 0 radical (unpaired) electrons. The van der Waals surface area contributed by atoms with Crippen molar-refractivity contribution in [3.05, 3.63) is 40.6 Å². The molecular formula is C19H28N6O2. The van der Waals surface area contributed by atoms with Crippen molar-refractivity contribution < 1.29 is 4.79 Å². The fourth-order valence-electron chi connectivity index (χ4n) is 3.30. The summed E-state index contributed by atoms with van der Waals surface area (Å²) in [5.74, 6) is 1.39. The molecule has 1 N–H and O–H groups in total. The van der Waals surface area contributed by atoms with Crippen LogP contribution in [0.25, 0.3) is 0 Å². The van der Waals surface area contributed by atoms with E-state index in [1.807, 2.05) is 0 Å². The molecule has 1 amide bonds. The summed E-state index contributed by atoms with van der Waals surface area (Å²) in [6.07, 6.45) is 9.11. The molecule has 0 saturated carbocycles. The van der Waals surface area contributed by atoms with Gasteiger partial charge in [0.15, 0.2) is 0 Å². The summed E-state index contributed by atoms with van der Waals surface area (Å²) in [7, 11) is 0. The predicted molar refractivity (Wildman–Crippen MR) is 101 cm³/mol. The van der Waals surface area contributed by atoms with Gasteiger partial charge in [-0.1, -0.05) is 13.8 Å². The molecule has 3 rings (SSSR count). The van der Waals surface area contributed by atoms with Crippen LogP contribution in [0.5, 0.6) is 0 Å². The number of amides is 1. The third-order valence-corrected chi connectivity index (χ3v) is 4.93. The van der Waals surface area contributed by atoms with Gasteiger partial charge in [-0.2, -0.15) is 5.10 Å². The number of fused-ring (bicyclic) bond motifs is 1. The third kappa shape index (κ3) is 5.24. The third-order valence-electron chi connectivity index (χ3n) is 4.93. The quantitative estimate of drug-likeness (QED) is 0.791. The number of carbonyl (C=O) groups is 1. The zero-order valence-electron chi connectivity index (χ0n) is 16.1. The molecule has 0 fully saturated rings. The maximum absolute atomic E-state index is 12.5. The molecule has 0 spiro atoms. The van der Waals surface area contributed by atoms with Gasteiger partial charge in [-0.15, -0.1) is 0 Å². The van der Waals surface area contributed by atoms with Gasteiger partial charge >= 0.3 is 5.69 Å². The first-order chi connectivity index (χ1) is 13.0. The highest BCUT2D eigenvalue weighted by Crippen LogP contribution is 2.13. The Morgan fingerprint density at radius 2 is 2.19 bits per heavy atom. The van der Waals surface area contributed by atoms with Crippen LogP contribution in [0.15, 0.2) is 23.4 Å². The average Bonchev–Trinajstić information content (AvgIpc) is 2.82. The topological polar surface area (TPSA) is 94.7 Å². The lowest BCUT2D eigenvalue weighted by molar-refractivity contribution is -0.121. The molecule has 1 aliphatic rings. The second-order valence-electron chi connectivity index (χ2n) is 7.54. The monoisotopic (exact) mass is 372 g/mol. The minimum atomic E-state index is -0.0275. The maximum atomic E-state index is 12.5. The minimum absolute atomic E-state index is 0.0135. The molecule has 0 aromatic carbocycles. The number of nitrogens with zero attached hydrogens (tertiary/aromatic N) is 5. The molecular weight excluding hydrogens is 344 g/mol. The van der Waals surface area contributed by atoms with Crippen molar-refractivity contribution in [3.63, 3.8) is 0 Å². The first kappa shape index (κ1) is 19.3. The normalized spacial score (nSPS) is 16.8. The lowest BCUT2D eigenvalue weighted by Gasteiger charge is -2.16. The Bertz CT molecular complexity index is 811. The van der Waals surface area contributed by atoms with Crippen molar-refractivity contribution in [2.24, 2.45) is 5.92 Å². The lowest BCUT2D eigenvalue weighted by Crippen LogP contribution is -2.36. The van der Waals surface area contributed by atoms with Crippen molar-refractivity contribution >= 4 is 5.91 Å². The van der Waals surface area contributed by atoms with E-state index in [4.69, 9.17) is 0 Å². The second kappa shape index (κ2) is 8.92. The van der Waals surface area contributed by atoms with Crippen LogP contribution in [0, 0.1) is 5.92 Å². The first-order valence-corrected chi connectivity index (χ1v) is 9.73. The van der Waals surface area contributed by atoms with Crippen molar-refractivity contribution in [1.29, 1.82) is 0 Å². The molecule has 1 unspecified atom stereocenters. The van der Waals surface area contributed by atoms with Crippen LogP contribution in [0.3, 0.4) is 0 Å². The van der Waals surface area contributed by atoms with Crippen molar-refractivity contribution in [1.82, 2.24) is 29.6 Å². The highest BCUT2D eigenvalue weighted by atomic mass is 16.2. The number of aromatic nitrogens is 5. The Balaban J connectivity index is 1.51. The summed E-state index contributed by atoms with van der Waals surface area (Å²) in [6.45, 7) is 5.55. The van der Waals surface area contributed by atoms with Crippen LogP contribution >= 0.6 is 0 Å². The summed E-state index contributed by atoms with van der Waals surface area (Å²) in [5, 5.41) is 7.60. The summed E-state index contributed by atoms with van der Waals surface area (Å²) in [4.78, 5) is 33.0. The number of carbonyl (C=O) groups excluding carboxylic acids is 1. The minimum Gasteiger partial charge on any atom is -0.353 e. The molecule has 2 aromatic heterocycles. The summed E-state index contributed by atoms with van der Waals surface area (Å²) in [5.41, 5.74) is 0.788. The number of hydrogen-bond donors (Lipinski definition) is 1. The van der Waals surface area contributed by atoms with Crippen molar-refractivity contribution in [3.8, 4) is 0 Å². The summed E-state index contributed by atoms with van der Waals surface area (Å²) in [6, 6.07) is 0.0737. The molecule has 0 aliphatic carbocycles. The maximum Gasteiger partial charge on any atom is 0.345 e. The molecule has 2 aromatic rings. The van der Waals surface area contributed by atoms with Crippen LogP contribution in [-0.2, 0) is 30.7 Å². The van der Waals surface area contributed by atoms with Crippen LogP contribution in [0.1, 0.15) is 51.0 Å². The highest BCUT2D eigenvalue weighted by Gasteiger charge is 2.22. The molecule has 27 heavy (non-hydrogen) atoms. The summed E-state index contributed by atoms with van der Waals surface area (Å²) >= 11 is 0. The fraction of sp³-hybridized carbons (Fsp3) is 0.632. The Kier molecular flexibility index (Phi) is 6.36.